The zero-order chi connectivity index (χ0) is 26.4. The summed E-state index contributed by atoms with van der Waals surface area (Å²) in [4.78, 5) is 31.5. The monoisotopic (exact) mass is 506 g/mol. The van der Waals surface area contributed by atoms with Gasteiger partial charge in [0.15, 0.2) is 0 Å². The highest BCUT2D eigenvalue weighted by atomic mass is 16.5. The van der Waals surface area contributed by atoms with E-state index in [0.29, 0.717) is 30.5 Å². The Hall–Kier alpha value is -3.55. The van der Waals surface area contributed by atoms with E-state index >= 15 is 0 Å². The van der Waals surface area contributed by atoms with Crippen molar-refractivity contribution in [3.63, 3.8) is 0 Å². The largest absolute Gasteiger partial charge is 0.481 e. The molecule has 1 fully saturated rings. The van der Waals surface area contributed by atoms with E-state index in [1.54, 1.807) is 7.11 Å². The first-order chi connectivity index (χ1) is 17.9. The van der Waals surface area contributed by atoms with Crippen LogP contribution in [0.3, 0.4) is 0 Å². The van der Waals surface area contributed by atoms with Crippen molar-refractivity contribution in [2.45, 2.75) is 77.4 Å². The number of allylic oxidation sites excluding steroid dienone is 2. The van der Waals surface area contributed by atoms with Crippen LogP contribution in [0, 0.1) is 6.92 Å². The molecule has 1 aliphatic heterocycles. The predicted octanol–water partition coefficient (Wildman–Crippen LogP) is 4.78. The third kappa shape index (κ3) is 6.24. The van der Waals surface area contributed by atoms with Crippen LogP contribution < -0.4 is 20.3 Å². The number of pyridine rings is 1. The first-order valence-electron chi connectivity index (χ1n) is 13.3. The molecule has 1 saturated carbocycles. The summed E-state index contributed by atoms with van der Waals surface area (Å²) in [6, 6.07) is 8.37. The second-order valence-electron chi connectivity index (χ2n) is 9.85. The van der Waals surface area contributed by atoms with Crippen molar-refractivity contribution in [2.24, 2.45) is 0 Å². The summed E-state index contributed by atoms with van der Waals surface area (Å²) in [6.45, 7) is 5.28. The molecule has 0 saturated heterocycles. The third-order valence-electron chi connectivity index (χ3n) is 7.51. The zero-order valence-electron chi connectivity index (χ0n) is 22.0. The van der Waals surface area contributed by atoms with Gasteiger partial charge in [-0.05, 0) is 88.1 Å². The Morgan fingerprint density at radius 1 is 1.22 bits per heavy atom. The second-order valence-corrected chi connectivity index (χ2v) is 9.85. The molecule has 2 heterocycles. The average molecular weight is 507 g/mol. The number of carbonyl (C=O) groups excluding carboxylic acids is 1. The van der Waals surface area contributed by atoms with E-state index in [9.17, 15) is 9.59 Å². The average Bonchev–Trinajstić information content (AvgIpc) is 2.88. The van der Waals surface area contributed by atoms with E-state index in [1.807, 2.05) is 19.1 Å². The Balaban J connectivity index is 1.62. The number of ether oxygens (including phenoxy) is 1. The molecule has 1 aromatic heterocycles. The molecule has 2 aromatic rings. The lowest BCUT2D eigenvalue weighted by atomic mass is 9.89. The maximum absolute atomic E-state index is 13.5. The van der Waals surface area contributed by atoms with Gasteiger partial charge < -0.3 is 25.4 Å². The number of hydrogen-bond acceptors (Lipinski definition) is 5. The van der Waals surface area contributed by atoms with E-state index in [4.69, 9.17) is 9.84 Å². The molecule has 198 valence electrons. The van der Waals surface area contributed by atoms with E-state index in [2.05, 4.69) is 51.7 Å². The van der Waals surface area contributed by atoms with Crippen LogP contribution in [0.2, 0.25) is 0 Å². The molecule has 0 bridgehead atoms. The molecule has 37 heavy (non-hydrogen) atoms. The van der Waals surface area contributed by atoms with Gasteiger partial charge in [-0.25, -0.2) is 9.78 Å². The molecule has 8 heteroatoms. The van der Waals surface area contributed by atoms with Gasteiger partial charge in [-0.1, -0.05) is 18.2 Å². The number of amides is 2. The van der Waals surface area contributed by atoms with E-state index in [1.165, 1.54) is 0 Å². The first kappa shape index (κ1) is 26.5. The third-order valence-corrected chi connectivity index (χ3v) is 7.51. The van der Waals surface area contributed by atoms with Crippen molar-refractivity contribution in [1.82, 2.24) is 15.6 Å². The van der Waals surface area contributed by atoms with Crippen molar-refractivity contribution in [3.8, 4) is 5.88 Å². The van der Waals surface area contributed by atoms with Gasteiger partial charge in [0.1, 0.15) is 0 Å². The number of fused-ring (bicyclic) bond motifs is 2. The van der Waals surface area contributed by atoms with Crippen molar-refractivity contribution >= 4 is 17.7 Å². The predicted molar refractivity (Wildman–Crippen MR) is 145 cm³/mol. The molecule has 2 amide bonds. The van der Waals surface area contributed by atoms with Gasteiger partial charge >= 0.3 is 6.09 Å². The van der Waals surface area contributed by atoms with Gasteiger partial charge in [0.2, 0.25) is 5.88 Å². The van der Waals surface area contributed by atoms with Gasteiger partial charge in [0.25, 0.3) is 5.91 Å². The number of hydrogen-bond donors (Lipinski definition) is 3. The van der Waals surface area contributed by atoms with E-state index < -0.39 is 6.09 Å². The Labute approximate surface area is 219 Å². The Morgan fingerprint density at radius 2 is 2.00 bits per heavy atom. The van der Waals surface area contributed by atoms with Crippen LogP contribution in [-0.2, 0) is 19.4 Å². The number of carbonyl (C=O) groups is 2. The fraction of sp³-hybridized carbons (Fsp3) is 0.483. The Bertz CT molecular complexity index is 1150. The van der Waals surface area contributed by atoms with Crippen molar-refractivity contribution in [3.05, 3.63) is 64.4 Å². The van der Waals surface area contributed by atoms with Crippen LogP contribution in [0.5, 0.6) is 5.88 Å². The van der Waals surface area contributed by atoms with Crippen molar-refractivity contribution in [2.75, 3.05) is 18.6 Å². The maximum Gasteiger partial charge on any atom is 0.404 e. The summed E-state index contributed by atoms with van der Waals surface area (Å²) < 4.78 is 5.56. The molecule has 3 N–H and O–H groups in total. The number of carboxylic acid groups (broad SMARTS) is 1. The minimum absolute atomic E-state index is 0.00987. The molecule has 0 atom stereocenters. The summed E-state index contributed by atoms with van der Waals surface area (Å²) >= 11 is 0. The Morgan fingerprint density at radius 3 is 2.70 bits per heavy atom. The minimum Gasteiger partial charge on any atom is -0.481 e. The molecular weight excluding hydrogens is 468 g/mol. The van der Waals surface area contributed by atoms with E-state index in [-0.39, 0.29) is 11.9 Å². The molecule has 2 aliphatic rings. The van der Waals surface area contributed by atoms with Crippen LogP contribution >= 0.6 is 0 Å². The molecule has 8 nitrogen and oxygen atoms in total. The Kier molecular flexibility index (Phi) is 8.69. The topological polar surface area (TPSA) is 104 Å². The molecule has 4 rings (SSSR count). The number of methoxy groups -OCH3 is 1. The zero-order valence-corrected chi connectivity index (χ0v) is 22.0. The van der Waals surface area contributed by atoms with Crippen molar-refractivity contribution < 1.29 is 19.4 Å². The van der Waals surface area contributed by atoms with Gasteiger partial charge in [-0.3, -0.25) is 4.79 Å². The number of aromatic nitrogens is 1. The van der Waals surface area contributed by atoms with Crippen molar-refractivity contribution in [1.29, 1.82) is 0 Å². The van der Waals surface area contributed by atoms with Crippen LogP contribution in [0.1, 0.15) is 71.8 Å². The number of aryl methyl sites for hydroxylation is 2. The van der Waals surface area contributed by atoms with Gasteiger partial charge in [0.05, 0.1) is 7.11 Å². The van der Waals surface area contributed by atoms with Gasteiger partial charge in [-0.2, -0.15) is 0 Å². The lowest BCUT2D eigenvalue weighted by Gasteiger charge is -2.39. The molecule has 1 aliphatic carbocycles. The summed E-state index contributed by atoms with van der Waals surface area (Å²) in [7, 11) is 1.62. The summed E-state index contributed by atoms with van der Waals surface area (Å²) in [5, 5.41) is 14.8. The summed E-state index contributed by atoms with van der Waals surface area (Å²) in [6.07, 6.45) is 9.29. The van der Waals surface area contributed by atoms with Crippen LogP contribution in [0.15, 0.2) is 36.4 Å². The fourth-order valence-electron chi connectivity index (χ4n) is 5.74. The number of nitrogens with zero attached hydrogens (tertiary/aromatic N) is 2. The highest BCUT2D eigenvalue weighted by molar-refractivity contribution is 5.97. The van der Waals surface area contributed by atoms with Gasteiger partial charge in [0, 0.05) is 47.7 Å². The van der Waals surface area contributed by atoms with Crippen LogP contribution in [0.4, 0.5) is 10.5 Å². The molecule has 0 radical (unpaired) electrons. The molecule has 0 spiro atoms. The number of anilines is 1. The molecule has 1 aromatic carbocycles. The number of benzene rings is 1. The van der Waals surface area contributed by atoms with E-state index in [0.717, 1.165) is 73.1 Å². The summed E-state index contributed by atoms with van der Waals surface area (Å²) in [5.74, 6) is 0.459. The SMILES string of the molecule is CCN(c1cccc2c1C/C=C/CCc1cc(C)nc(OC)c1CNC2=O)[C@H]1CC[C@H](NC(=O)O)CC1. The molecular formula is C29H38N4O4. The fourth-order valence-corrected chi connectivity index (χ4v) is 5.74. The number of rotatable bonds is 5. The molecule has 0 unspecified atom stereocenters. The minimum atomic E-state index is -0.956. The maximum atomic E-state index is 13.5. The van der Waals surface area contributed by atoms with Crippen LogP contribution in [0.25, 0.3) is 0 Å². The lowest BCUT2D eigenvalue weighted by Crippen LogP contribution is -2.44. The van der Waals surface area contributed by atoms with Crippen LogP contribution in [-0.4, -0.2) is 47.8 Å². The highest BCUT2D eigenvalue weighted by Gasteiger charge is 2.28. The quantitative estimate of drug-likeness (QED) is 0.505. The number of nitrogens with one attached hydrogen (secondary N) is 2. The first-order valence-corrected chi connectivity index (χ1v) is 13.3. The highest BCUT2D eigenvalue weighted by Crippen LogP contribution is 2.32. The smallest absolute Gasteiger partial charge is 0.404 e. The van der Waals surface area contributed by atoms with Gasteiger partial charge in [-0.15, -0.1) is 0 Å². The second kappa shape index (κ2) is 12.1. The summed E-state index contributed by atoms with van der Waals surface area (Å²) in [5.41, 5.74) is 5.77. The standard InChI is InChI=1S/C29H38N4O4/c1-4-33(22-15-13-21(14-16-22)32-29(35)36)26-12-8-11-24-23(26)10-7-5-6-9-20-17-19(2)31-28(37-3)25(20)18-30-27(24)34/h5,7-8,11-12,17,21-22,32H,4,6,9-10,13-16,18H2,1-3H3,(H,30,34)(H,35,36)/b7-5+/t21-,22-. The normalized spacial score (nSPS) is 20.8. The lowest BCUT2D eigenvalue weighted by molar-refractivity contribution is 0.0949.